The van der Waals surface area contributed by atoms with E-state index in [0.717, 1.165) is 24.8 Å². The van der Waals surface area contributed by atoms with E-state index in [0.29, 0.717) is 23.4 Å². The van der Waals surface area contributed by atoms with Gasteiger partial charge in [-0.2, -0.15) is 0 Å². The van der Waals surface area contributed by atoms with Crippen LogP contribution in [-0.2, 0) is 10.4 Å². The average Bonchev–Trinajstić information content (AvgIpc) is 2.99. The van der Waals surface area contributed by atoms with Gasteiger partial charge in [0.1, 0.15) is 5.52 Å². The molecule has 1 atom stereocenters. The average molecular weight is 410 g/mol. The van der Waals surface area contributed by atoms with Crippen molar-refractivity contribution in [3.63, 3.8) is 0 Å². The van der Waals surface area contributed by atoms with Crippen molar-refractivity contribution in [1.82, 2.24) is 9.55 Å². The molecule has 0 unspecified atom stereocenters. The fourth-order valence-electron chi connectivity index (χ4n) is 3.96. The Kier molecular flexibility index (Phi) is 5.36. The molecule has 0 saturated heterocycles. The van der Waals surface area contributed by atoms with Gasteiger partial charge < -0.3 is 9.67 Å². The van der Waals surface area contributed by atoms with Crippen LogP contribution in [0.2, 0.25) is 0 Å². The lowest BCUT2D eigenvalue weighted by molar-refractivity contribution is -0.116. The number of hydrogen-bond donors (Lipinski definition) is 2. The van der Waals surface area contributed by atoms with Gasteiger partial charge in [-0.1, -0.05) is 37.3 Å². The molecule has 1 heterocycles. The Morgan fingerprint density at radius 3 is 2.60 bits per heavy atom. The van der Waals surface area contributed by atoms with Crippen molar-refractivity contribution in [2.75, 3.05) is 5.32 Å². The molecule has 6 heteroatoms. The van der Waals surface area contributed by atoms with E-state index in [1.54, 1.807) is 19.9 Å². The van der Waals surface area contributed by atoms with Crippen molar-refractivity contribution in [3.05, 3.63) is 59.4 Å². The predicted octanol–water partition coefficient (Wildman–Crippen LogP) is 5.26. The van der Waals surface area contributed by atoms with Gasteiger partial charge in [0.05, 0.1) is 11.1 Å². The van der Waals surface area contributed by atoms with Crippen LogP contribution in [0.1, 0.15) is 69.5 Å². The van der Waals surface area contributed by atoms with Crippen molar-refractivity contribution >= 4 is 22.9 Å². The number of aliphatic hydroxyl groups is 1. The second kappa shape index (κ2) is 7.84. The highest BCUT2D eigenvalue weighted by Gasteiger charge is 2.28. The monoisotopic (exact) mass is 409 g/mol. The van der Waals surface area contributed by atoms with Gasteiger partial charge in [0.15, 0.2) is 5.82 Å². The number of amides is 1. The molecule has 1 aliphatic carbocycles. The van der Waals surface area contributed by atoms with Crippen LogP contribution in [0.3, 0.4) is 0 Å². The van der Waals surface area contributed by atoms with E-state index < -0.39 is 11.4 Å². The van der Waals surface area contributed by atoms with Crippen molar-refractivity contribution in [1.29, 1.82) is 0 Å². The standard InChI is InChI=1S/C24H28FN3O2/c1-15(16-8-5-4-6-9-16)12-21(29)26-23-27-22-19(25)13-17(24(2,3)30)14-20(22)28(23)18-10-7-11-18/h4-6,8-9,13-15,18,30H,7,10-12H2,1-3H3,(H,26,27,29)/t15-/m0/s1. The number of rotatable bonds is 6. The van der Waals surface area contributed by atoms with Gasteiger partial charge in [0, 0.05) is 12.5 Å². The zero-order chi connectivity index (χ0) is 21.5. The number of benzene rings is 2. The number of fused-ring (bicyclic) bond motifs is 1. The molecule has 30 heavy (non-hydrogen) atoms. The lowest BCUT2D eigenvalue weighted by Gasteiger charge is -2.29. The molecule has 1 saturated carbocycles. The summed E-state index contributed by atoms with van der Waals surface area (Å²) in [7, 11) is 0. The third kappa shape index (κ3) is 3.97. The number of halogens is 1. The van der Waals surface area contributed by atoms with Gasteiger partial charge in [-0.25, -0.2) is 9.37 Å². The fraction of sp³-hybridized carbons (Fsp3) is 0.417. The zero-order valence-corrected chi connectivity index (χ0v) is 17.7. The summed E-state index contributed by atoms with van der Waals surface area (Å²) in [5, 5.41) is 13.3. The Bertz CT molecular complexity index is 1070. The molecule has 1 aliphatic rings. The predicted molar refractivity (Wildman–Crippen MR) is 116 cm³/mol. The molecule has 0 spiro atoms. The summed E-state index contributed by atoms with van der Waals surface area (Å²) < 4.78 is 16.8. The molecule has 4 rings (SSSR count). The van der Waals surface area contributed by atoms with Gasteiger partial charge in [-0.05, 0) is 62.3 Å². The Labute approximate surface area is 175 Å². The summed E-state index contributed by atoms with van der Waals surface area (Å²) >= 11 is 0. The van der Waals surface area contributed by atoms with Crippen LogP contribution in [0.4, 0.5) is 10.3 Å². The largest absolute Gasteiger partial charge is 0.386 e. The number of nitrogens with one attached hydrogen (secondary N) is 1. The molecule has 1 aromatic heterocycles. The molecule has 0 bridgehead atoms. The van der Waals surface area contributed by atoms with Gasteiger partial charge in [-0.15, -0.1) is 0 Å². The van der Waals surface area contributed by atoms with E-state index in [1.165, 1.54) is 6.07 Å². The minimum absolute atomic E-state index is 0.0613. The van der Waals surface area contributed by atoms with Gasteiger partial charge >= 0.3 is 0 Å². The molecule has 1 amide bonds. The summed E-state index contributed by atoms with van der Waals surface area (Å²) in [6, 6.07) is 13.2. The van der Waals surface area contributed by atoms with Crippen LogP contribution in [0, 0.1) is 5.82 Å². The molecule has 158 valence electrons. The van der Waals surface area contributed by atoms with Crippen molar-refractivity contribution in [2.24, 2.45) is 0 Å². The Hall–Kier alpha value is -2.73. The van der Waals surface area contributed by atoms with Crippen LogP contribution in [0.15, 0.2) is 42.5 Å². The van der Waals surface area contributed by atoms with Crippen LogP contribution >= 0.6 is 0 Å². The summed E-state index contributed by atoms with van der Waals surface area (Å²) in [5.41, 5.74) is 1.26. The highest BCUT2D eigenvalue weighted by molar-refractivity contribution is 5.92. The van der Waals surface area contributed by atoms with Gasteiger partial charge in [0.2, 0.25) is 11.9 Å². The van der Waals surface area contributed by atoms with E-state index in [4.69, 9.17) is 0 Å². The molecule has 2 N–H and O–H groups in total. The zero-order valence-electron chi connectivity index (χ0n) is 17.7. The Balaban J connectivity index is 1.66. The number of aromatic nitrogens is 2. The number of imidazole rings is 1. The Morgan fingerprint density at radius 1 is 1.30 bits per heavy atom. The second-order valence-electron chi connectivity index (χ2n) is 8.84. The maximum Gasteiger partial charge on any atom is 0.227 e. The molecular weight excluding hydrogens is 381 g/mol. The van der Waals surface area contributed by atoms with E-state index in [1.807, 2.05) is 41.8 Å². The molecular formula is C24H28FN3O2. The number of anilines is 1. The first kappa shape index (κ1) is 20.5. The minimum Gasteiger partial charge on any atom is -0.386 e. The molecule has 3 aromatic rings. The molecule has 0 aliphatic heterocycles. The summed E-state index contributed by atoms with van der Waals surface area (Å²) in [4.78, 5) is 17.2. The van der Waals surface area contributed by atoms with E-state index >= 15 is 0 Å². The maximum absolute atomic E-state index is 14.8. The smallest absolute Gasteiger partial charge is 0.227 e. The highest BCUT2D eigenvalue weighted by atomic mass is 19.1. The lowest BCUT2D eigenvalue weighted by Crippen LogP contribution is -2.23. The number of nitrogens with zero attached hydrogens (tertiary/aromatic N) is 2. The SMILES string of the molecule is C[C@@H](CC(=O)Nc1nc2c(F)cc(C(C)(C)O)cc2n1C1CCC1)c1ccccc1. The summed E-state index contributed by atoms with van der Waals surface area (Å²) in [5.74, 6) is -0.195. The second-order valence-corrected chi connectivity index (χ2v) is 8.84. The summed E-state index contributed by atoms with van der Waals surface area (Å²) in [6.45, 7) is 5.27. The third-order valence-electron chi connectivity index (χ3n) is 6.01. The molecule has 5 nitrogen and oxygen atoms in total. The fourth-order valence-corrected chi connectivity index (χ4v) is 3.96. The number of carbonyl (C=O) groups is 1. The molecule has 2 aromatic carbocycles. The first-order valence-electron chi connectivity index (χ1n) is 10.5. The number of carbonyl (C=O) groups excluding carboxylic acids is 1. The quantitative estimate of drug-likeness (QED) is 0.584. The molecule has 0 radical (unpaired) electrons. The maximum atomic E-state index is 14.8. The highest BCUT2D eigenvalue weighted by Crippen LogP contribution is 2.39. The normalized spacial score (nSPS) is 15.8. The Morgan fingerprint density at radius 2 is 2.00 bits per heavy atom. The van der Waals surface area contributed by atoms with E-state index in [2.05, 4.69) is 10.3 Å². The lowest BCUT2D eigenvalue weighted by atomic mass is 9.92. The van der Waals surface area contributed by atoms with E-state index in [9.17, 15) is 14.3 Å². The van der Waals surface area contributed by atoms with Crippen LogP contribution in [-0.4, -0.2) is 20.6 Å². The van der Waals surface area contributed by atoms with Crippen LogP contribution in [0.5, 0.6) is 0 Å². The third-order valence-corrected chi connectivity index (χ3v) is 6.01. The first-order valence-corrected chi connectivity index (χ1v) is 10.5. The van der Waals surface area contributed by atoms with Crippen molar-refractivity contribution in [2.45, 2.75) is 64.0 Å². The van der Waals surface area contributed by atoms with Gasteiger partial charge in [0.25, 0.3) is 0 Å². The van der Waals surface area contributed by atoms with E-state index in [-0.39, 0.29) is 23.4 Å². The number of hydrogen-bond acceptors (Lipinski definition) is 3. The molecule has 1 fully saturated rings. The van der Waals surface area contributed by atoms with Crippen LogP contribution < -0.4 is 5.32 Å². The van der Waals surface area contributed by atoms with Crippen molar-refractivity contribution in [3.8, 4) is 0 Å². The van der Waals surface area contributed by atoms with Crippen LogP contribution in [0.25, 0.3) is 11.0 Å². The first-order chi connectivity index (χ1) is 14.2. The van der Waals surface area contributed by atoms with Crippen molar-refractivity contribution < 1.29 is 14.3 Å². The summed E-state index contributed by atoms with van der Waals surface area (Å²) in [6.07, 6.45) is 3.33. The topological polar surface area (TPSA) is 67.2 Å². The minimum atomic E-state index is -1.17. The van der Waals surface area contributed by atoms with Gasteiger partial charge in [-0.3, -0.25) is 10.1 Å².